The smallest absolute Gasteiger partial charge is 0.429 e. The summed E-state index contributed by atoms with van der Waals surface area (Å²) in [5.41, 5.74) is -0.103. The molecule has 1 atom stereocenters. The Morgan fingerprint density at radius 1 is 1.58 bits per heavy atom. The predicted molar refractivity (Wildman–Crippen MR) is 43.7 cm³/mol. The second-order valence-electron chi connectivity index (χ2n) is 3.44. The maximum absolute atomic E-state index is 10.5. The van der Waals surface area contributed by atoms with Gasteiger partial charge in [-0.25, -0.2) is 4.79 Å². The number of hydrogen-bond donors (Lipinski definition) is 1. The van der Waals surface area contributed by atoms with Crippen LogP contribution in [0.4, 0.5) is 4.79 Å². The van der Waals surface area contributed by atoms with Crippen molar-refractivity contribution in [1.29, 1.82) is 0 Å². The number of hydrogen-bond acceptors (Lipinski definition) is 4. The highest BCUT2D eigenvalue weighted by molar-refractivity contribution is 5.59. The zero-order valence-electron chi connectivity index (χ0n) is 7.96. The third-order valence-electron chi connectivity index (χ3n) is 2.36. The highest BCUT2D eigenvalue weighted by Gasteiger charge is 2.27. The maximum Gasteiger partial charge on any atom is 0.540 e. The van der Waals surface area contributed by atoms with Crippen LogP contribution in [0.1, 0.15) is 34.1 Å². The molecular weight excluding hydrogens is 160 g/mol. The zero-order chi connectivity index (χ0) is 9.78. The molecule has 72 valence electrons. The Labute approximate surface area is 72.4 Å². The van der Waals surface area contributed by atoms with Gasteiger partial charge in [-0.1, -0.05) is 20.8 Å². The largest absolute Gasteiger partial charge is 0.540 e. The summed E-state index contributed by atoms with van der Waals surface area (Å²) in [6, 6.07) is 0. The van der Waals surface area contributed by atoms with E-state index in [4.69, 9.17) is 9.99 Å². The second kappa shape index (κ2) is 4.30. The van der Waals surface area contributed by atoms with Gasteiger partial charge in [-0.2, -0.15) is 5.26 Å². The molecule has 12 heavy (non-hydrogen) atoms. The van der Waals surface area contributed by atoms with E-state index >= 15 is 0 Å². The van der Waals surface area contributed by atoms with E-state index in [-0.39, 0.29) is 11.5 Å². The van der Waals surface area contributed by atoms with Crippen molar-refractivity contribution in [2.45, 2.75) is 40.2 Å². The van der Waals surface area contributed by atoms with Crippen LogP contribution in [0.15, 0.2) is 0 Å². The quantitative estimate of drug-likeness (QED) is 0.407. The van der Waals surface area contributed by atoms with E-state index in [0.717, 1.165) is 6.42 Å². The van der Waals surface area contributed by atoms with Gasteiger partial charge in [-0.3, -0.25) is 4.89 Å². The van der Waals surface area contributed by atoms with E-state index in [1.54, 1.807) is 6.92 Å². The van der Waals surface area contributed by atoms with Crippen LogP contribution >= 0.6 is 0 Å². The Balaban J connectivity index is 4.02. The molecule has 0 bridgehead atoms. The molecular formula is C8H16O4. The Kier molecular flexibility index (Phi) is 4.03. The van der Waals surface area contributed by atoms with E-state index < -0.39 is 6.16 Å². The Morgan fingerprint density at radius 2 is 2.08 bits per heavy atom. The van der Waals surface area contributed by atoms with E-state index in [0.29, 0.717) is 0 Å². The summed E-state index contributed by atoms with van der Waals surface area (Å²) in [4.78, 5) is 13.9. The molecule has 0 fully saturated rings. The van der Waals surface area contributed by atoms with Crippen LogP contribution in [0.3, 0.4) is 0 Å². The molecule has 0 saturated heterocycles. The SMILES string of the molecule is CCC(C)(C)C(C)OC(=O)OO. The molecule has 0 aromatic carbocycles. The molecule has 4 heteroatoms. The summed E-state index contributed by atoms with van der Waals surface area (Å²) >= 11 is 0. The highest BCUT2D eigenvalue weighted by Crippen LogP contribution is 2.26. The molecule has 1 unspecified atom stereocenters. The summed E-state index contributed by atoms with van der Waals surface area (Å²) < 4.78 is 4.74. The summed E-state index contributed by atoms with van der Waals surface area (Å²) in [6.07, 6.45) is -0.446. The van der Waals surface area contributed by atoms with Crippen molar-refractivity contribution >= 4 is 6.16 Å². The van der Waals surface area contributed by atoms with Crippen molar-refractivity contribution in [3.63, 3.8) is 0 Å². The average molecular weight is 176 g/mol. The molecule has 4 nitrogen and oxygen atoms in total. The van der Waals surface area contributed by atoms with Crippen molar-refractivity contribution in [2.24, 2.45) is 5.41 Å². The van der Waals surface area contributed by atoms with Crippen LogP contribution < -0.4 is 0 Å². The highest BCUT2D eigenvalue weighted by atomic mass is 17.1. The summed E-state index contributed by atoms with van der Waals surface area (Å²) in [6.45, 7) is 7.72. The lowest BCUT2D eigenvalue weighted by Gasteiger charge is -2.28. The van der Waals surface area contributed by atoms with Crippen molar-refractivity contribution in [3.8, 4) is 0 Å². The Bertz CT molecular complexity index is 153. The summed E-state index contributed by atoms with van der Waals surface area (Å²) in [5, 5.41) is 7.95. The molecule has 0 aromatic rings. The number of carbonyl (C=O) groups is 1. The van der Waals surface area contributed by atoms with Gasteiger partial charge in [0.05, 0.1) is 0 Å². The lowest BCUT2D eigenvalue weighted by molar-refractivity contribution is -0.208. The minimum atomic E-state index is -1.05. The average Bonchev–Trinajstić information content (AvgIpc) is 2.04. The third-order valence-corrected chi connectivity index (χ3v) is 2.36. The van der Waals surface area contributed by atoms with Gasteiger partial charge in [0.1, 0.15) is 6.10 Å². The second-order valence-corrected chi connectivity index (χ2v) is 3.44. The predicted octanol–water partition coefficient (Wildman–Crippen LogP) is 2.44. The molecule has 0 radical (unpaired) electrons. The van der Waals surface area contributed by atoms with Crippen molar-refractivity contribution in [3.05, 3.63) is 0 Å². The molecule has 0 saturated carbocycles. The van der Waals surface area contributed by atoms with Gasteiger partial charge in [0.25, 0.3) is 0 Å². The molecule has 0 heterocycles. The van der Waals surface area contributed by atoms with E-state index in [1.165, 1.54) is 0 Å². The van der Waals surface area contributed by atoms with E-state index in [1.807, 2.05) is 20.8 Å². The molecule has 0 aliphatic heterocycles. The third kappa shape index (κ3) is 3.09. The lowest BCUT2D eigenvalue weighted by atomic mass is 9.85. The molecule has 0 rings (SSSR count). The van der Waals surface area contributed by atoms with Crippen molar-refractivity contribution < 1.29 is 19.7 Å². The van der Waals surface area contributed by atoms with Crippen LogP contribution in [0.2, 0.25) is 0 Å². The van der Waals surface area contributed by atoms with Crippen LogP contribution in [0.5, 0.6) is 0 Å². The minimum absolute atomic E-state index is 0.103. The van der Waals surface area contributed by atoms with Crippen LogP contribution in [-0.4, -0.2) is 17.5 Å². The molecule has 0 aromatic heterocycles. The standard InChI is InChI=1S/C8H16O4/c1-5-8(3,4)6(2)11-7(9)12-10/h6,10H,5H2,1-4H3. The van der Waals surface area contributed by atoms with Gasteiger partial charge in [0, 0.05) is 5.41 Å². The first-order valence-electron chi connectivity index (χ1n) is 3.96. The van der Waals surface area contributed by atoms with Crippen molar-refractivity contribution in [2.75, 3.05) is 0 Å². The fraction of sp³-hybridized carbons (Fsp3) is 0.875. The molecule has 0 spiro atoms. The van der Waals surface area contributed by atoms with Gasteiger partial charge < -0.3 is 4.74 Å². The first kappa shape index (κ1) is 11.2. The van der Waals surface area contributed by atoms with Crippen LogP contribution in [-0.2, 0) is 9.62 Å². The monoisotopic (exact) mass is 176 g/mol. The zero-order valence-corrected chi connectivity index (χ0v) is 7.96. The van der Waals surface area contributed by atoms with Crippen LogP contribution in [0, 0.1) is 5.41 Å². The van der Waals surface area contributed by atoms with Crippen LogP contribution in [0.25, 0.3) is 0 Å². The van der Waals surface area contributed by atoms with Gasteiger partial charge in [-0.15, -0.1) is 0 Å². The van der Waals surface area contributed by atoms with Gasteiger partial charge in [0.15, 0.2) is 0 Å². The molecule has 0 amide bonds. The normalized spacial score (nSPS) is 13.8. The molecule has 0 aliphatic rings. The summed E-state index contributed by atoms with van der Waals surface area (Å²) in [7, 11) is 0. The number of rotatable bonds is 3. The first-order valence-corrected chi connectivity index (χ1v) is 3.96. The topological polar surface area (TPSA) is 55.8 Å². The summed E-state index contributed by atoms with van der Waals surface area (Å²) in [5.74, 6) is 0. The lowest BCUT2D eigenvalue weighted by Crippen LogP contribution is -2.30. The maximum atomic E-state index is 10.5. The van der Waals surface area contributed by atoms with E-state index in [2.05, 4.69) is 4.89 Å². The van der Waals surface area contributed by atoms with Crippen molar-refractivity contribution in [1.82, 2.24) is 0 Å². The van der Waals surface area contributed by atoms with E-state index in [9.17, 15) is 4.79 Å². The molecule has 0 aliphatic carbocycles. The Morgan fingerprint density at radius 3 is 2.42 bits per heavy atom. The fourth-order valence-electron chi connectivity index (χ4n) is 0.613. The molecule has 1 N–H and O–H groups in total. The van der Waals surface area contributed by atoms with Gasteiger partial charge in [-0.05, 0) is 13.3 Å². The fourth-order valence-corrected chi connectivity index (χ4v) is 0.613. The van der Waals surface area contributed by atoms with Gasteiger partial charge >= 0.3 is 6.16 Å². The minimum Gasteiger partial charge on any atom is -0.429 e. The first-order chi connectivity index (χ1) is 5.44. The number of carbonyl (C=O) groups excluding carboxylic acids is 1. The number of ether oxygens (including phenoxy) is 1. The Hall–Kier alpha value is -0.770. The van der Waals surface area contributed by atoms with Gasteiger partial charge in [0.2, 0.25) is 0 Å².